The summed E-state index contributed by atoms with van der Waals surface area (Å²) in [4.78, 5) is 23.9. The highest BCUT2D eigenvalue weighted by atomic mass is 32.2. The van der Waals surface area contributed by atoms with Crippen LogP contribution >= 0.6 is 11.8 Å². The maximum absolute atomic E-state index is 12.2. The van der Waals surface area contributed by atoms with Gasteiger partial charge in [0.2, 0.25) is 0 Å². The van der Waals surface area contributed by atoms with Gasteiger partial charge in [0.05, 0.1) is 5.92 Å². The van der Waals surface area contributed by atoms with Crippen molar-refractivity contribution in [1.82, 2.24) is 0 Å². The van der Waals surface area contributed by atoms with Crippen LogP contribution in [0.1, 0.15) is 13.3 Å². The van der Waals surface area contributed by atoms with Gasteiger partial charge in [-0.15, -0.1) is 0 Å². The van der Waals surface area contributed by atoms with Crippen molar-refractivity contribution >= 4 is 23.3 Å². The molecule has 100 valence electrons. The molecule has 0 aromatic heterocycles. The first-order valence-electron chi connectivity index (χ1n) is 5.93. The molecule has 0 amide bonds. The summed E-state index contributed by atoms with van der Waals surface area (Å²) in [6.45, 7) is 1.43. The van der Waals surface area contributed by atoms with Gasteiger partial charge in [-0.25, -0.2) is 0 Å². The minimum atomic E-state index is -1.71. The summed E-state index contributed by atoms with van der Waals surface area (Å²) in [5.41, 5.74) is -2.69. The Morgan fingerprint density at radius 2 is 2.33 bits per heavy atom. The average molecular weight is 270 g/mol. The van der Waals surface area contributed by atoms with E-state index in [1.807, 2.05) is 6.26 Å². The van der Waals surface area contributed by atoms with Crippen LogP contribution in [0.4, 0.5) is 0 Å². The standard InChI is InChI=1S/C13H18O4S/c1-8(14)10-6-9-4-5-11(15)13(10,16)12(9,17-2)7-18-3/h4-5,9-10,16H,6-7H2,1-3H3/t9-,10-,12+,13+/m1/s1. The molecule has 1 N–H and O–H groups in total. The van der Waals surface area contributed by atoms with E-state index >= 15 is 0 Å². The molecule has 0 aliphatic heterocycles. The fourth-order valence-electron chi connectivity index (χ4n) is 3.39. The molecule has 2 aliphatic rings. The van der Waals surface area contributed by atoms with Crippen LogP contribution in [0.25, 0.3) is 0 Å². The second kappa shape index (κ2) is 4.47. The van der Waals surface area contributed by atoms with Gasteiger partial charge in [0.1, 0.15) is 11.4 Å². The topological polar surface area (TPSA) is 63.6 Å². The molecule has 5 heteroatoms. The zero-order valence-electron chi connectivity index (χ0n) is 10.8. The average Bonchev–Trinajstić information content (AvgIpc) is 2.49. The summed E-state index contributed by atoms with van der Waals surface area (Å²) in [6, 6.07) is 0. The Kier molecular flexibility index (Phi) is 3.42. The number of carbonyl (C=O) groups is 2. The molecule has 1 fully saturated rings. The fraction of sp³-hybridized carbons (Fsp3) is 0.692. The van der Waals surface area contributed by atoms with Crippen molar-refractivity contribution in [3.8, 4) is 0 Å². The van der Waals surface area contributed by atoms with Crippen molar-refractivity contribution in [1.29, 1.82) is 0 Å². The van der Waals surface area contributed by atoms with Gasteiger partial charge < -0.3 is 9.84 Å². The number of carbonyl (C=O) groups excluding carboxylic acids is 2. The zero-order chi connectivity index (χ0) is 13.6. The second-order valence-corrected chi connectivity index (χ2v) is 5.89. The van der Waals surface area contributed by atoms with Crippen LogP contribution in [0, 0.1) is 11.8 Å². The molecule has 2 rings (SSSR count). The lowest BCUT2D eigenvalue weighted by Gasteiger charge is -2.45. The van der Waals surface area contributed by atoms with E-state index in [1.54, 1.807) is 6.08 Å². The predicted molar refractivity (Wildman–Crippen MR) is 69.5 cm³/mol. The highest BCUT2D eigenvalue weighted by Crippen LogP contribution is 2.54. The Balaban J connectivity index is 2.58. The molecule has 0 spiro atoms. The highest BCUT2D eigenvalue weighted by Gasteiger charge is 2.70. The number of thioether (sulfide) groups is 1. The summed E-state index contributed by atoms with van der Waals surface area (Å²) in [5, 5.41) is 10.9. The zero-order valence-corrected chi connectivity index (χ0v) is 11.6. The van der Waals surface area contributed by atoms with E-state index in [9.17, 15) is 14.7 Å². The molecule has 1 saturated carbocycles. The van der Waals surface area contributed by atoms with E-state index in [2.05, 4.69) is 0 Å². The molecule has 0 heterocycles. The maximum atomic E-state index is 12.2. The quantitative estimate of drug-likeness (QED) is 0.820. The van der Waals surface area contributed by atoms with Crippen LogP contribution in [0.3, 0.4) is 0 Å². The molecule has 0 aromatic carbocycles. The molecular formula is C13H18O4S. The summed E-state index contributed by atoms with van der Waals surface area (Å²) in [6.07, 6.45) is 5.54. The first-order chi connectivity index (χ1) is 8.44. The van der Waals surface area contributed by atoms with Gasteiger partial charge in [-0.2, -0.15) is 11.8 Å². The molecule has 0 unspecified atom stereocenters. The Hall–Kier alpha value is -0.650. The van der Waals surface area contributed by atoms with Crippen molar-refractivity contribution in [2.24, 2.45) is 11.8 Å². The van der Waals surface area contributed by atoms with E-state index in [4.69, 9.17) is 4.74 Å². The van der Waals surface area contributed by atoms with Crippen molar-refractivity contribution < 1.29 is 19.4 Å². The van der Waals surface area contributed by atoms with Crippen LogP contribution in [-0.2, 0) is 14.3 Å². The number of hydrogen-bond acceptors (Lipinski definition) is 5. The van der Waals surface area contributed by atoms with Gasteiger partial charge in [0.15, 0.2) is 11.4 Å². The number of ketones is 2. The van der Waals surface area contributed by atoms with Gasteiger partial charge in [-0.05, 0) is 25.7 Å². The van der Waals surface area contributed by atoms with Crippen molar-refractivity contribution in [2.45, 2.75) is 24.5 Å². The smallest absolute Gasteiger partial charge is 0.190 e. The molecule has 4 nitrogen and oxygen atoms in total. The fourth-order valence-corrected chi connectivity index (χ4v) is 4.38. The first kappa shape index (κ1) is 13.8. The summed E-state index contributed by atoms with van der Waals surface area (Å²) < 4.78 is 5.56. The molecule has 0 radical (unpaired) electrons. The van der Waals surface area contributed by atoms with Crippen molar-refractivity contribution in [3.63, 3.8) is 0 Å². The van der Waals surface area contributed by atoms with Crippen LogP contribution < -0.4 is 0 Å². The van der Waals surface area contributed by atoms with Gasteiger partial charge >= 0.3 is 0 Å². The molecule has 2 aliphatic carbocycles. The van der Waals surface area contributed by atoms with Crippen LogP contribution in [0.15, 0.2) is 12.2 Å². The molecule has 0 saturated heterocycles. The number of aliphatic hydroxyl groups is 1. The van der Waals surface area contributed by atoms with Crippen molar-refractivity contribution in [3.05, 3.63) is 12.2 Å². The SMILES string of the molecule is CO[C@@]1(CSC)[C@@H]2C=CC(=O)[C@@]1(O)[C@@H](C(C)=O)C2. The van der Waals surface area contributed by atoms with Gasteiger partial charge in [-0.1, -0.05) is 6.08 Å². The predicted octanol–water partition coefficient (Wildman–Crippen LogP) is 0.830. The van der Waals surface area contributed by atoms with Gasteiger partial charge in [-0.3, -0.25) is 9.59 Å². The lowest BCUT2D eigenvalue weighted by molar-refractivity contribution is -0.180. The Morgan fingerprint density at radius 1 is 1.67 bits per heavy atom. The maximum Gasteiger partial charge on any atom is 0.190 e. The number of Topliss-reactive ketones (excluding diaryl/α,β-unsaturated/α-hetero) is 1. The van der Waals surface area contributed by atoms with E-state index in [-0.39, 0.29) is 11.7 Å². The normalized spacial score (nSPS) is 42.3. The third-order valence-electron chi connectivity index (χ3n) is 4.31. The minimum Gasteiger partial charge on any atom is -0.378 e. The monoisotopic (exact) mass is 270 g/mol. The number of rotatable bonds is 4. The van der Waals surface area contributed by atoms with E-state index in [0.29, 0.717) is 12.2 Å². The Bertz CT molecular complexity index is 419. The van der Waals surface area contributed by atoms with E-state index in [1.165, 1.54) is 31.9 Å². The molecule has 4 atom stereocenters. The number of hydrogen-bond donors (Lipinski definition) is 1. The second-order valence-electron chi connectivity index (χ2n) is 5.02. The van der Waals surface area contributed by atoms with Gasteiger partial charge in [0, 0.05) is 18.8 Å². The van der Waals surface area contributed by atoms with E-state index in [0.717, 1.165) is 0 Å². The summed E-state index contributed by atoms with van der Waals surface area (Å²) in [5.74, 6) is -0.833. The summed E-state index contributed by atoms with van der Waals surface area (Å²) in [7, 11) is 1.50. The summed E-state index contributed by atoms with van der Waals surface area (Å²) >= 11 is 1.51. The third kappa shape index (κ3) is 1.47. The molecule has 0 aromatic rings. The van der Waals surface area contributed by atoms with Crippen LogP contribution in [0.5, 0.6) is 0 Å². The largest absolute Gasteiger partial charge is 0.378 e. The van der Waals surface area contributed by atoms with Crippen LogP contribution in [0.2, 0.25) is 0 Å². The van der Waals surface area contributed by atoms with Crippen molar-refractivity contribution in [2.75, 3.05) is 19.1 Å². The Labute approximate surface area is 111 Å². The van der Waals surface area contributed by atoms with E-state index < -0.39 is 22.9 Å². The Morgan fingerprint density at radius 3 is 2.83 bits per heavy atom. The molecule has 18 heavy (non-hydrogen) atoms. The van der Waals surface area contributed by atoms with Crippen LogP contribution in [-0.4, -0.2) is 47.0 Å². The lowest BCUT2D eigenvalue weighted by Crippen LogP contribution is -2.65. The van der Waals surface area contributed by atoms with Gasteiger partial charge in [0.25, 0.3) is 0 Å². The first-order valence-corrected chi connectivity index (χ1v) is 7.33. The highest BCUT2D eigenvalue weighted by molar-refractivity contribution is 7.98. The molecule has 2 bridgehead atoms. The number of ether oxygens (including phenoxy) is 1. The third-order valence-corrected chi connectivity index (χ3v) is 5.02. The number of fused-ring (bicyclic) bond motifs is 2. The molecular weight excluding hydrogens is 252 g/mol. The number of methoxy groups -OCH3 is 1. The minimum absolute atomic E-state index is 0.0912. The lowest BCUT2D eigenvalue weighted by atomic mass is 9.72.